The first-order valence-electron chi connectivity index (χ1n) is 32.1. The van der Waals surface area contributed by atoms with E-state index in [0.717, 1.165) is 85.0 Å². The van der Waals surface area contributed by atoms with Crippen molar-refractivity contribution in [3.05, 3.63) is 322 Å². The summed E-state index contributed by atoms with van der Waals surface area (Å²) in [4.78, 5) is 12.6. The third-order valence-corrected chi connectivity index (χ3v) is 26.1. The Bertz CT molecular complexity index is 5690. The van der Waals surface area contributed by atoms with E-state index < -0.39 is 40.9 Å². The Labute approximate surface area is 565 Å². The van der Waals surface area contributed by atoms with E-state index in [1.54, 1.807) is 0 Å². The van der Waals surface area contributed by atoms with Gasteiger partial charge in [-0.2, -0.15) is 0 Å². The maximum absolute atomic E-state index is 7.81. The van der Waals surface area contributed by atoms with E-state index in [0.29, 0.717) is 0 Å². The van der Waals surface area contributed by atoms with Gasteiger partial charge in [-0.1, -0.05) is 72.8 Å². The number of benzene rings is 14. The fraction of sp³-hybridized carbons (Fsp3) is 0. The van der Waals surface area contributed by atoms with Gasteiger partial charge in [-0.05, 0) is 48.5 Å². The molecule has 2 aromatic heterocycles. The molecule has 0 spiro atoms. The molecule has 6 nitrogen and oxygen atoms in total. The van der Waals surface area contributed by atoms with E-state index in [9.17, 15) is 0 Å². The molecule has 10 heteroatoms. The van der Waals surface area contributed by atoms with Crippen LogP contribution in [0.2, 0.25) is 0 Å². The van der Waals surface area contributed by atoms with Crippen LogP contribution in [0.15, 0.2) is 322 Å². The largest absolute Gasteiger partial charge is 0.0602 e. The third kappa shape index (κ3) is 8.24. The molecule has 0 bridgehead atoms. The number of rotatable bonds is 9. The molecule has 0 amide bonds. The molecule has 0 saturated heterocycles. The normalized spacial score (nSPS) is 13.1. The van der Waals surface area contributed by atoms with Crippen LogP contribution in [0.4, 0.5) is 85.3 Å². The summed E-state index contributed by atoms with van der Waals surface area (Å²) in [6.45, 7) is -0.354. The first-order valence-corrected chi connectivity index (χ1v) is 36.8. The molecule has 4 aliphatic rings. The van der Waals surface area contributed by atoms with Gasteiger partial charge in [0.2, 0.25) is 0 Å². The molecule has 438 valence electrons. The van der Waals surface area contributed by atoms with Crippen LogP contribution in [-0.2, 0) is 0 Å². The third-order valence-electron chi connectivity index (χ3n) is 19.6. The Morgan fingerprint density at radius 2 is 0.702 bits per heavy atom. The molecule has 0 atom stereocenters. The minimum Gasteiger partial charge on any atom is -0.0602 e. The van der Waals surface area contributed by atoms with E-state index >= 15 is 0 Å². The van der Waals surface area contributed by atoms with E-state index in [-0.39, 0.29) is 13.4 Å². The molecule has 16 aromatic rings. The number of nitrogens with zero attached hydrogens (tertiary/aromatic N) is 5. The zero-order chi connectivity index (χ0) is 61.5. The number of fused-ring (bicyclic) bond motifs is 14. The Morgan fingerprint density at radius 3 is 1.32 bits per heavy atom. The maximum Gasteiger partial charge on any atom is -0.0380 e. The average Bonchev–Trinajstić information content (AvgIpc) is 0.762. The molecule has 0 aliphatic carbocycles. The van der Waals surface area contributed by atoms with E-state index in [2.05, 4.69) is 346 Å². The minimum atomic E-state index is -0.640. The van der Waals surface area contributed by atoms with Gasteiger partial charge in [-0.15, -0.1) is 0 Å². The quantitative estimate of drug-likeness (QED) is 0.134. The van der Waals surface area contributed by atoms with Gasteiger partial charge in [0.05, 0.1) is 5.69 Å². The number of hydrogen-bond acceptors (Lipinski definition) is 6. The average molecular weight is 1430 g/mol. The van der Waals surface area contributed by atoms with Crippen LogP contribution in [-0.4, -0.2) is 54.3 Å². The van der Waals surface area contributed by atoms with Crippen molar-refractivity contribution in [3.63, 3.8) is 0 Å². The summed E-state index contributed by atoms with van der Waals surface area (Å²) in [6.07, 6.45) is 0. The monoisotopic (exact) mass is 1430 g/mol. The Hall–Kier alpha value is -10.4. The van der Waals surface area contributed by atoms with Crippen molar-refractivity contribution in [3.8, 4) is 11.5 Å². The molecule has 0 fully saturated rings. The van der Waals surface area contributed by atoms with Gasteiger partial charge < -0.3 is 9.80 Å². The van der Waals surface area contributed by atoms with Gasteiger partial charge in [-0.3, -0.25) is 0 Å². The molecule has 0 radical (unpaired) electrons. The molecule has 0 N–H and O–H groups in total. The molecular formula is C84H53B2N5OTe2. The van der Waals surface area contributed by atoms with Crippen LogP contribution in [0.25, 0.3) is 35.2 Å². The van der Waals surface area contributed by atoms with Crippen LogP contribution in [0.1, 0.15) is 0 Å². The van der Waals surface area contributed by atoms with Crippen molar-refractivity contribution in [1.82, 2.24) is 0 Å². The van der Waals surface area contributed by atoms with E-state index in [1.807, 2.05) is 0 Å². The topological polar surface area (TPSA) is 25.4 Å². The fourth-order valence-electron chi connectivity index (χ4n) is 15.8. The zero-order valence-corrected chi connectivity index (χ0v) is 55.4. The molecular weight excluding hydrogens is 1370 g/mol. The van der Waals surface area contributed by atoms with Gasteiger partial charge >= 0.3 is 393 Å². The fourth-order valence-corrected chi connectivity index (χ4v) is 22.3. The summed E-state index contributed by atoms with van der Waals surface area (Å²) in [6, 6.07) is 120. The van der Waals surface area contributed by atoms with Crippen LogP contribution in [0.3, 0.4) is 0 Å². The van der Waals surface area contributed by atoms with E-state index in [1.165, 1.54) is 79.8 Å². The molecule has 4 aliphatic heterocycles. The molecule has 14 aromatic carbocycles. The smallest absolute Gasteiger partial charge is 0.0380 e. The second-order valence-electron chi connectivity index (χ2n) is 24.7. The first-order chi connectivity index (χ1) is 46.7. The standard InChI is InChI=1S/C84H53B2N5OTe2/c1-6-26-54(27-7-1)87(55-28-8-2-9-29-55)60-50-74-84-76(51-60)92-75-53-71-65(52-66(75)86(84)63-38-18-20-40-67(63)89(74)57-32-12-4-13-33-57)85-64-39-19-21-41-68(64)91(70-43-25-47-80-82(70)62-37-17-23-45-78(62)94-80)73-49-59(48-72(83(73)85)90(71)58-34-14-5-15-35-58)88(56-30-10-3-11-31-56)69-42-24-46-79-81(69)61-36-16-22-44-77(61)93-79/h1-53H. The number of hydrogen-bond donors (Lipinski definition) is 0. The summed E-state index contributed by atoms with van der Waals surface area (Å²) in [7, 11) is 0. The van der Waals surface area contributed by atoms with Crippen LogP contribution in [0.5, 0.6) is 11.5 Å². The van der Waals surface area contributed by atoms with Gasteiger partial charge in [0.1, 0.15) is 5.75 Å². The Balaban J connectivity index is 0.884. The number of anilines is 15. The zero-order valence-electron chi connectivity index (χ0n) is 50.7. The minimum absolute atomic E-state index is 0.175. The van der Waals surface area contributed by atoms with Gasteiger partial charge in [0, 0.05) is 34.5 Å². The van der Waals surface area contributed by atoms with Crippen molar-refractivity contribution in [2.45, 2.75) is 0 Å². The van der Waals surface area contributed by atoms with Crippen molar-refractivity contribution >= 4 is 208 Å². The molecule has 0 unspecified atom stereocenters. The van der Waals surface area contributed by atoms with Crippen LogP contribution < -0.4 is 62.0 Å². The van der Waals surface area contributed by atoms with Crippen molar-refractivity contribution in [2.24, 2.45) is 0 Å². The summed E-state index contributed by atoms with van der Waals surface area (Å²) in [5.74, 6) is 1.68. The van der Waals surface area contributed by atoms with Crippen LogP contribution >= 0.6 is 0 Å². The molecule has 94 heavy (non-hydrogen) atoms. The predicted molar refractivity (Wildman–Crippen MR) is 400 cm³/mol. The van der Waals surface area contributed by atoms with Crippen molar-refractivity contribution < 1.29 is 4.74 Å². The second-order valence-corrected chi connectivity index (χ2v) is 30.8. The van der Waals surface area contributed by atoms with Crippen molar-refractivity contribution in [1.29, 1.82) is 0 Å². The maximum atomic E-state index is 7.81. The van der Waals surface area contributed by atoms with Crippen LogP contribution in [0, 0.1) is 0 Å². The molecule has 6 heterocycles. The van der Waals surface area contributed by atoms with Gasteiger partial charge in [0.25, 0.3) is 0 Å². The number of para-hydroxylation sites is 7. The second kappa shape index (κ2) is 21.6. The molecule has 20 rings (SSSR count). The predicted octanol–water partition coefficient (Wildman–Crippen LogP) is 17.8. The first kappa shape index (κ1) is 54.2. The van der Waals surface area contributed by atoms with Gasteiger partial charge in [0.15, 0.2) is 0 Å². The summed E-state index contributed by atoms with van der Waals surface area (Å²) >= 11 is -1.26. The SMILES string of the molecule is c1ccc(N(c2ccccc2)c2cc3c4c(c2)N(c2ccccc2)c2ccccc2B4c2cc4c(cc2O3)N(c2ccccc2)c2cc(N(c3ccccc3)c3cccc5[te]c6ccccc6c35)cc3c2B4c2ccccc2N3c2cccc3[te]c4ccccc4c23)cc1. The van der Waals surface area contributed by atoms with Gasteiger partial charge in [-0.25, -0.2) is 0 Å². The Morgan fingerprint density at radius 1 is 0.266 bits per heavy atom. The summed E-state index contributed by atoms with van der Waals surface area (Å²) < 4.78 is 13.7. The Kier molecular flexibility index (Phi) is 12.4. The molecule has 0 saturated carbocycles. The summed E-state index contributed by atoms with van der Waals surface area (Å²) in [5, 5.41) is 5.39. The van der Waals surface area contributed by atoms with Crippen molar-refractivity contribution in [2.75, 3.05) is 24.5 Å². The summed E-state index contributed by atoms with van der Waals surface area (Å²) in [5.41, 5.74) is 24.0. The van der Waals surface area contributed by atoms with E-state index in [4.69, 9.17) is 4.74 Å². The number of ether oxygens (including phenoxy) is 1.